The van der Waals surface area contributed by atoms with Crippen molar-refractivity contribution in [1.29, 1.82) is 0 Å². The predicted octanol–water partition coefficient (Wildman–Crippen LogP) is 0.910. The standard InChI is InChI=1S/C9H14N2O2S2/c1-14-6-5-11-15(12,13)9-4-2-3-8(10)7-9/h2-4,7,11H,5-6,10H2,1H3. The Labute approximate surface area is 94.3 Å². The van der Waals surface area contributed by atoms with E-state index in [1.165, 1.54) is 12.1 Å². The van der Waals surface area contributed by atoms with Crippen molar-refractivity contribution >= 4 is 27.5 Å². The summed E-state index contributed by atoms with van der Waals surface area (Å²) in [6.45, 7) is 0.429. The maximum Gasteiger partial charge on any atom is 0.240 e. The molecule has 0 heterocycles. The van der Waals surface area contributed by atoms with Crippen molar-refractivity contribution in [3.8, 4) is 0 Å². The van der Waals surface area contributed by atoms with Gasteiger partial charge in [0, 0.05) is 18.0 Å². The van der Waals surface area contributed by atoms with Gasteiger partial charge < -0.3 is 5.73 Å². The second-order valence-corrected chi connectivity index (χ2v) is 5.72. The monoisotopic (exact) mass is 246 g/mol. The van der Waals surface area contributed by atoms with Crippen LogP contribution in [0.25, 0.3) is 0 Å². The van der Waals surface area contributed by atoms with E-state index in [0.717, 1.165) is 5.75 Å². The van der Waals surface area contributed by atoms with Crippen LogP contribution in [0.15, 0.2) is 29.2 Å². The molecule has 0 aromatic heterocycles. The first kappa shape index (κ1) is 12.4. The summed E-state index contributed by atoms with van der Waals surface area (Å²) in [6, 6.07) is 6.25. The molecule has 6 heteroatoms. The first-order valence-corrected chi connectivity index (χ1v) is 7.28. The summed E-state index contributed by atoms with van der Waals surface area (Å²) in [5.74, 6) is 0.752. The number of hydrogen-bond acceptors (Lipinski definition) is 4. The molecule has 0 saturated heterocycles. The number of benzene rings is 1. The molecule has 0 spiro atoms. The van der Waals surface area contributed by atoms with Crippen LogP contribution >= 0.6 is 11.8 Å². The Morgan fingerprint density at radius 2 is 2.20 bits per heavy atom. The van der Waals surface area contributed by atoms with Gasteiger partial charge in [-0.2, -0.15) is 11.8 Å². The first-order valence-electron chi connectivity index (χ1n) is 4.40. The molecule has 0 unspecified atom stereocenters. The number of nitrogen functional groups attached to an aromatic ring is 1. The number of hydrogen-bond donors (Lipinski definition) is 2. The van der Waals surface area contributed by atoms with E-state index >= 15 is 0 Å². The topological polar surface area (TPSA) is 72.2 Å². The van der Waals surface area contributed by atoms with Crippen LogP contribution in [0.1, 0.15) is 0 Å². The van der Waals surface area contributed by atoms with E-state index in [0.29, 0.717) is 12.2 Å². The van der Waals surface area contributed by atoms with E-state index in [-0.39, 0.29) is 4.90 Å². The molecule has 0 aliphatic heterocycles. The molecule has 0 radical (unpaired) electrons. The summed E-state index contributed by atoms with van der Waals surface area (Å²) >= 11 is 1.59. The van der Waals surface area contributed by atoms with Crippen LogP contribution in [0.5, 0.6) is 0 Å². The number of nitrogens with two attached hydrogens (primary N) is 1. The lowest BCUT2D eigenvalue weighted by Gasteiger charge is -2.06. The Kier molecular flexibility index (Phi) is 4.44. The average Bonchev–Trinajstić information content (AvgIpc) is 2.18. The normalized spacial score (nSPS) is 11.5. The fraction of sp³-hybridized carbons (Fsp3) is 0.333. The second kappa shape index (κ2) is 5.39. The zero-order chi connectivity index (χ0) is 11.3. The minimum absolute atomic E-state index is 0.212. The minimum Gasteiger partial charge on any atom is -0.399 e. The number of thioether (sulfide) groups is 1. The predicted molar refractivity (Wildman–Crippen MR) is 64.4 cm³/mol. The van der Waals surface area contributed by atoms with Crippen molar-refractivity contribution < 1.29 is 8.42 Å². The van der Waals surface area contributed by atoms with E-state index in [1.54, 1.807) is 23.9 Å². The van der Waals surface area contributed by atoms with Crippen LogP contribution < -0.4 is 10.5 Å². The van der Waals surface area contributed by atoms with Crippen molar-refractivity contribution in [2.24, 2.45) is 0 Å². The summed E-state index contributed by atoms with van der Waals surface area (Å²) < 4.78 is 25.9. The van der Waals surface area contributed by atoms with Crippen molar-refractivity contribution in [2.75, 3.05) is 24.3 Å². The van der Waals surface area contributed by atoms with Crippen LogP contribution in [0, 0.1) is 0 Å². The van der Waals surface area contributed by atoms with Crippen LogP contribution in [0.2, 0.25) is 0 Å². The Hall–Kier alpha value is -0.720. The molecular weight excluding hydrogens is 232 g/mol. The van der Waals surface area contributed by atoms with Crippen molar-refractivity contribution in [3.63, 3.8) is 0 Å². The van der Waals surface area contributed by atoms with Gasteiger partial charge in [-0.1, -0.05) is 6.07 Å². The quantitative estimate of drug-likeness (QED) is 0.598. The van der Waals surface area contributed by atoms with E-state index < -0.39 is 10.0 Å². The molecule has 15 heavy (non-hydrogen) atoms. The Balaban J connectivity index is 2.77. The number of nitrogens with one attached hydrogen (secondary N) is 1. The zero-order valence-corrected chi connectivity index (χ0v) is 10.1. The number of rotatable bonds is 5. The zero-order valence-electron chi connectivity index (χ0n) is 8.43. The molecule has 0 aliphatic carbocycles. The molecule has 0 fully saturated rings. The smallest absolute Gasteiger partial charge is 0.240 e. The second-order valence-electron chi connectivity index (χ2n) is 2.96. The Morgan fingerprint density at radius 1 is 1.47 bits per heavy atom. The molecule has 0 atom stereocenters. The highest BCUT2D eigenvalue weighted by atomic mass is 32.2. The lowest BCUT2D eigenvalue weighted by Crippen LogP contribution is -2.26. The third-order valence-corrected chi connectivity index (χ3v) is 3.84. The highest BCUT2D eigenvalue weighted by Gasteiger charge is 2.12. The van der Waals surface area contributed by atoms with Gasteiger partial charge in [0.05, 0.1) is 4.90 Å². The van der Waals surface area contributed by atoms with E-state index in [1.807, 2.05) is 6.26 Å². The fourth-order valence-electron chi connectivity index (χ4n) is 1.04. The summed E-state index contributed by atoms with van der Waals surface area (Å²) in [6.07, 6.45) is 1.93. The van der Waals surface area contributed by atoms with Crippen molar-refractivity contribution in [1.82, 2.24) is 4.72 Å². The van der Waals surface area contributed by atoms with Gasteiger partial charge in [-0.3, -0.25) is 0 Å². The molecule has 0 saturated carbocycles. The molecule has 0 amide bonds. The number of anilines is 1. The van der Waals surface area contributed by atoms with E-state index in [9.17, 15) is 8.42 Å². The molecule has 3 N–H and O–H groups in total. The maximum atomic E-state index is 11.7. The van der Waals surface area contributed by atoms with Crippen LogP contribution in [-0.4, -0.2) is 27.0 Å². The molecule has 0 bridgehead atoms. The Bertz CT molecular complexity index is 418. The summed E-state index contributed by atoms with van der Waals surface area (Å²) in [5.41, 5.74) is 5.96. The molecule has 0 aliphatic rings. The summed E-state index contributed by atoms with van der Waals surface area (Å²) in [5, 5.41) is 0. The summed E-state index contributed by atoms with van der Waals surface area (Å²) in [7, 11) is -3.40. The van der Waals surface area contributed by atoms with E-state index in [4.69, 9.17) is 5.73 Å². The molecule has 84 valence electrons. The van der Waals surface area contributed by atoms with Gasteiger partial charge in [0.2, 0.25) is 10.0 Å². The molecule has 1 rings (SSSR count). The maximum absolute atomic E-state index is 11.7. The highest BCUT2D eigenvalue weighted by molar-refractivity contribution is 7.98. The van der Waals surface area contributed by atoms with Gasteiger partial charge in [0.25, 0.3) is 0 Å². The van der Waals surface area contributed by atoms with Crippen LogP contribution in [0.4, 0.5) is 5.69 Å². The van der Waals surface area contributed by atoms with Crippen molar-refractivity contribution in [3.05, 3.63) is 24.3 Å². The van der Waals surface area contributed by atoms with Crippen molar-refractivity contribution in [2.45, 2.75) is 4.90 Å². The first-order chi connectivity index (χ1) is 7.06. The lowest BCUT2D eigenvalue weighted by molar-refractivity contribution is 0.584. The van der Waals surface area contributed by atoms with Crippen LogP contribution in [-0.2, 0) is 10.0 Å². The van der Waals surface area contributed by atoms with Gasteiger partial charge in [-0.25, -0.2) is 13.1 Å². The molecule has 4 nitrogen and oxygen atoms in total. The Morgan fingerprint density at radius 3 is 2.80 bits per heavy atom. The van der Waals surface area contributed by atoms with Crippen LogP contribution in [0.3, 0.4) is 0 Å². The minimum atomic E-state index is -3.40. The van der Waals surface area contributed by atoms with Gasteiger partial charge in [-0.15, -0.1) is 0 Å². The third kappa shape index (κ3) is 3.73. The van der Waals surface area contributed by atoms with Gasteiger partial charge in [0.1, 0.15) is 0 Å². The number of sulfonamides is 1. The SMILES string of the molecule is CSCCNS(=O)(=O)c1cccc(N)c1. The fourth-order valence-corrected chi connectivity index (χ4v) is 2.56. The van der Waals surface area contributed by atoms with Gasteiger partial charge in [-0.05, 0) is 24.5 Å². The highest BCUT2D eigenvalue weighted by Crippen LogP contribution is 2.12. The lowest BCUT2D eigenvalue weighted by atomic mass is 10.3. The third-order valence-electron chi connectivity index (χ3n) is 1.77. The molecular formula is C9H14N2O2S2. The van der Waals surface area contributed by atoms with Gasteiger partial charge >= 0.3 is 0 Å². The molecule has 1 aromatic carbocycles. The van der Waals surface area contributed by atoms with Gasteiger partial charge in [0.15, 0.2) is 0 Å². The largest absolute Gasteiger partial charge is 0.399 e. The average molecular weight is 246 g/mol. The summed E-state index contributed by atoms with van der Waals surface area (Å²) in [4.78, 5) is 0.212. The van der Waals surface area contributed by atoms with E-state index in [2.05, 4.69) is 4.72 Å². The molecule has 1 aromatic rings.